The first-order chi connectivity index (χ1) is 6.45. The summed E-state index contributed by atoms with van der Waals surface area (Å²) in [5.41, 5.74) is 5.74. The number of hydrogen-bond acceptors (Lipinski definition) is 3. The molecule has 6 heteroatoms. The van der Waals surface area contributed by atoms with Crippen LogP contribution in [-0.4, -0.2) is 16.9 Å². The van der Waals surface area contributed by atoms with Crippen molar-refractivity contribution in [3.8, 4) is 5.75 Å². The van der Waals surface area contributed by atoms with Crippen molar-refractivity contribution in [1.29, 1.82) is 0 Å². The molecule has 1 atom stereocenters. The van der Waals surface area contributed by atoms with Gasteiger partial charge in [-0.15, -0.1) is 0 Å². The molecule has 0 fully saturated rings. The summed E-state index contributed by atoms with van der Waals surface area (Å²) in [6.07, 6.45) is 0. The SMILES string of the molecule is COc1cccc(C(N)P(=O)(O)O)c1. The lowest BCUT2D eigenvalue weighted by atomic mass is 10.2. The van der Waals surface area contributed by atoms with Crippen LogP contribution in [-0.2, 0) is 4.57 Å². The van der Waals surface area contributed by atoms with Crippen molar-refractivity contribution in [3.63, 3.8) is 0 Å². The average Bonchev–Trinajstić information content (AvgIpc) is 2.15. The highest BCUT2D eigenvalue weighted by Gasteiger charge is 2.26. The topological polar surface area (TPSA) is 92.8 Å². The smallest absolute Gasteiger partial charge is 0.346 e. The van der Waals surface area contributed by atoms with E-state index in [1.54, 1.807) is 18.2 Å². The molecule has 0 heterocycles. The Morgan fingerprint density at radius 1 is 1.50 bits per heavy atom. The van der Waals surface area contributed by atoms with Crippen molar-refractivity contribution in [2.24, 2.45) is 5.73 Å². The quantitative estimate of drug-likeness (QED) is 0.652. The summed E-state index contributed by atoms with van der Waals surface area (Å²) in [5.74, 6) is -0.774. The summed E-state index contributed by atoms with van der Waals surface area (Å²) in [5, 5.41) is 0. The first kappa shape index (κ1) is 11.2. The van der Waals surface area contributed by atoms with Crippen LogP contribution in [0.2, 0.25) is 0 Å². The van der Waals surface area contributed by atoms with Crippen LogP contribution in [0.3, 0.4) is 0 Å². The van der Waals surface area contributed by atoms with Gasteiger partial charge >= 0.3 is 7.60 Å². The molecule has 0 bridgehead atoms. The molecule has 4 N–H and O–H groups in total. The van der Waals surface area contributed by atoms with Crippen molar-refractivity contribution in [2.45, 2.75) is 5.78 Å². The van der Waals surface area contributed by atoms with Gasteiger partial charge in [0.05, 0.1) is 7.11 Å². The van der Waals surface area contributed by atoms with Crippen LogP contribution in [0.25, 0.3) is 0 Å². The molecule has 1 aromatic carbocycles. The predicted octanol–water partition coefficient (Wildman–Crippen LogP) is 0.830. The zero-order valence-electron chi connectivity index (χ0n) is 7.62. The lowest BCUT2D eigenvalue weighted by molar-refractivity contribution is 0.359. The third-order valence-electron chi connectivity index (χ3n) is 1.80. The molecule has 0 amide bonds. The number of rotatable bonds is 3. The molecule has 1 rings (SSSR count). The standard InChI is InChI=1S/C8H12NO4P/c1-13-7-4-2-3-6(5-7)8(9)14(10,11)12/h2-5,8H,9H2,1H3,(H2,10,11,12). The van der Waals surface area contributed by atoms with E-state index >= 15 is 0 Å². The molecular weight excluding hydrogens is 205 g/mol. The van der Waals surface area contributed by atoms with E-state index in [9.17, 15) is 4.57 Å². The van der Waals surface area contributed by atoms with Crippen LogP contribution in [0.5, 0.6) is 5.75 Å². The van der Waals surface area contributed by atoms with E-state index in [1.165, 1.54) is 13.2 Å². The molecule has 0 aliphatic carbocycles. The van der Waals surface area contributed by atoms with Crippen LogP contribution in [0.4, 0.5) is 0 Å². The largest absolute Gasteiger partial charge is 0.497 e. The van der Waals surface area contributed by atoms with Gasteiger partial charge in [0.1, 0.15) is 11.5 Å². The Balaban J connectivity index is 3.01. The van der Waals surface area contributed by atoms with Crippen LogP contribution in [0.1, 0.15) is 11.3 Å². The van der Waals surface area contributed by atoms with E-state index in [1.807, 2.05) is 0 Å². The third-order valence-corrected chi connectivity index (χ3v) is 2.82. The minimum atomic E-state index is -4.29. The molecule has 0 radical (unpaired) electrons. The fourth-order valence-corrected chi connectivity index (χ4v) is 1.57. The molecule has 0 aliphatic rings. The van der Waals surface area contributed by atoms with Gasteiger partial charge < -0.3 is 20.3 Å². The van der Waals surface area contributed by atoms with Crippen LogP contribution in [0, 0.1) is 0 Å². The summed E-state index contributed by atoms with van der Waals surface area (Å²) in [7, 11) is -2.81. The average molecular weight is 217 g/mol. The maximum atomic E-state index is 10.9. The molecule has 0 aromatic heterocycles. The predicted molar refractivity (Wildman–Crippen MR) is 52.0 cm³/mol. The summed E-state index contributed by atoms with van der Waals surface area (Å²) in [6.45, 7) is 0. The molecule has 1 unspecified atom stereocenters. The van der Waals surface area contributed by atoms with Crippen molar-refractivity contribution < 1.29 is 19.1 Å². The Labute approximate surface area is 81.7 Å². The van der Waals surface area contributed by atoms with Gasteiger partial charge in [-0.2, -0.15) is 0 Å². The van der Waals surface area contributed by atoms with Crippen molar-refractivity contribution in [2.75, 3.05) is 7.11 Å². The normalized spacial score (nSPS) is 13.7. The van der Waals surface area contributed by atoms with Crippen LogP contribution in [0.15, 0.2) is 24.3 Å². The van der Waals surface area contributed by atoms with Crippen LogP contribution < -0.4 is 10.5 Å². The maximum Gasteiger partial charge on any atom is 0.346 e. The monoisotopic (exact) mass is 217 g/mol. The van der Waals surface area contributed by atoms with Crippen molar-refractivity contribution in [1.82, 2.24) is 0 Å². The van der Waals surface area contributed by atoms with Crippen molar-refractivity contribution in [3.05, 3.63) is 29.8 Å². The van der Waals surface area contributed by atoms with Gasteiger partial charge in [0.2, 0.25) is 0 Å². The number of nitrogens with two attached hydrogens (primary N) is 1. The Morgan fingerprint density at radius 2 is 2.14 bits per heavy atom. The summed E-state index contributed by atoms with van der Waals surface area (Å²) in [4.78, 5) is 17.7. The number of ether oxygens (including phenoxy) is 1. The summed E-state index contributed by atoms with van der Waals surface area (Å²) >= 11 is 0. The molecule has 14 heavy (non-hydrogen) atoms. The highest BCUT2D eigenvalue weighted by molar-refractivity contribution is 7.52. The maximum absolute atomic E-state index is 10.9. The van der Waals surface area contributed by atoms with Gasteiger partial charge in [0.15, 0.2) is 0 Å². The lowest BCUT2D eigenvalue weighted by Gasteiger charge is -2.14. The van der Waals surface area contributed by atoms with Gasteiger partial charge in [-0.3, -0.25) is 4.57 Å². The minimum Gasteiger partial charge on any atom is -0.497 e. The highest BCUT2D eigenvalue weighted by Crippen LogP contribution is 2.48. The Kier molecular flexibility index (Phi) is 3.29. The van der Waals surface area contributed by atoms with Crippen molar-refractivity contribution >= 4 is 7.60 Å². The highest BCUT2D eigenvalue weighted by atomic mass is 31.2. The van der Waals surface area contributed by atoms with E-state index in [0.717, 1.165) is 0 Å². The number of methoxy groups -OCH3 is 1. The van der Waals surface area contributed by atoms with Crippen LogP contribution >= 0.6 is 7.60 Å². The molecule has 0 spiro atoms. The zero-order chi connectivity index (χ0) is 10.8. The number of hydrogen-bond donors (Lipinski definition) is 3. The van der Waals surface area contributed by atoms with Gasteiger partial charge in [-0.1, -0.05) is 12.1 Å². The molecule has 0 aliphatic heterocycles. The van der Waals surface area contributed by atoms with E-state index in [2.05, 4.69) is 0 Å². The lowest BCUT2D eigenvalue weighted by Crippen LogP contribution is -2.10. The van der Waals surface area contributed by atoms with Gasteiger partial charge in [0, 0.05) is 0 Å². The van der Waals surface area contributed by atoms with E-state index in [0.29, 0.717) is 11.3 Å². The first-order valence-corrected chi connectivity index (χ1v) is 5.58. The second kappa shape index (κ2) is 4.11. The summed E-state index contributed by atoms with van der Waals surface area (Å²) < 4.78 is 15.8. The minimum absolute atomic E-state index is 0.359. The molecular formula is C8H12NO4P. The second-order valence-corrected chi connectivity index (χ2v) is 4.55. The fraction of sp³-hybridized carbons (Fsp3) is 0.250. The molecule has 0 saturated heterocycles. The number of benzene rings is 1. The Bertz CT molecular complexity index is 362. The first-order valence-electron chi connectivity index (χ1n) is 3.90. The Hall–Kier alpha value is -0.870. The second-order valence-electron chi connectivity index (χ2n) is 2.81. The van der Waals surface area contributed by atoms with E-state index < -0.39 is 13.4 Å². The Morgan fingerprint density at radius 3 is 2.64 bits per heavy atom. The molecule has 0 saturated carbocycles. The van der Waals surface area contributed by atoms with Gasteiger partial charge in [-0.25, -0.2) is 0 Å². The summed E-state index contributed by atoms with van der Waals surface area (Å²) in [6, 6.07) is 6.36. The third kappa shape index (κ3) is 2.56. The molecule has 78 valence electrons. The fourth-order valence-electron chi connectivity index (χ4n) is 1.02. The molecule has 1 aromatic rings. The van der Waals surface area contributed by atoms with Gasteiger partial charge in [0.25, 0.3) is 0 Å². The molecule has 5 nitrogen and oxygen atoms in total. The zero-order valence-corrected chi connectivity index (χ0v) is 8.52. The van der Waals surface area contributed by atoms with Gasteiger partial charge in [-0.05, 0) is 17.7 Å². The van der Waals surface area contributed by atoms with E-state index in [-0.39, 0.29) is 0 Å². The van der Waals surface area contributed by atoms with E-state index in [4.69, 9.17) is 20.3 Å².